The molecule has 0 heterocycles. The van der Waals surface area contributed by atoms with E-state index in [4.69, 9.17) is 17.3 Å². The highest BCUT2D eigenvalue weighted by Gasteiger charge is 2.44. The van der Waals surface area contributed by atoms with Crippen LogP contribution in [0.15, 0.2) is 54.6 Å². The molecule has 1 amide bonds. The lowest BCUT2D eigenvalue weighted by atomic mass is 9.96. The molecule has 1 aliphatic rings. The zero-order valence-electron chi connectivity index (χ0n) is 13.0. The number of hydrogen-bond donors (Lipinski definition) is 2. The normalized spacial score (nSPS) is 16.6. The van der Waals surface area contributed by atoms with Crippen LogP contribution in [0, 0.1) is 0 Å². The van der Waals surface area contributed by atoms with Crippen LogP contribution in [-0.2, 0) is 10.2 Å². The molecule has 23 heavy (non-hydrogen) atoms. The second-order valence-corrected chi connectivity index (χ2v) is 6.73. The fraction of sp³-hybridized carbons (Fsp3) is 0.316. The zero-order chi connectivity index (χ0) is 16.3. The molecule has 0 saturated heterocycles. The second-order valence-electron chi connectivity index (χ2n) is 6.29. The lowest BCUT2D eigenvalue weighted by Crippen LogP contribution is -2.34. The standard InChI is InChI=1S/C19H21ClN2O/c20-16-8-4-7-15(11-16)19(9-10-19)13-22-18(23)12-17(21)14-5-2-1-3-6-14/h1-8,11,17H,9-10,12-13,21H2,(H,22,23). The van der Waals surface area contributed by atoms with Crippen molar-refractivity contribution in [3.05, 3.63) is 70.7 Å². The Kier molecular flexibility index (Phi) is 4.69. The van der Waals surface area contributed by atoms with Gasteiger partial charge in [0, 0.05) is 29.4 Å². The quantitative estimate of drug-likeness (QED) is 0.851. The lowest BCUT2D eigenvalue weighted by Gasteiger charge is -2.18. The van der Waals surface area contributed by atoms with Gasteiger partial charge >= 0.3 is 0 Å². The average Bonchev–Trinajstić information content (AvgIpc) is 3.35. The summed E-state index contributed by atoms with van der Waals surface area (Å²) in [4.78, 5) is 12.2. The van der Waals surface area contributed by atoms with E-state index in [1.54, 1.807) is 0 Å². The van der Waals surface area contributed by atoms with Gasteiger partial charge in [0.1, 0.15) is 0 Å². The number of amides is 1. The summed E-state index contributed by atoms with van der Waals surface area (Å²) < 4.78 is 0. The monoisotopic (exact) mass is 328 g/mol. The maximum atomic E-state index is 12.2. The molecular formula is C19H21ClN2O. The van der Waals surface area contributed by atoms with Crippen LogP contribution in [0.4, 0.5) is 0 Å². The van der Waals surface area contributed by atoms with Crippen LogP contribution < -0.4 is 11.1 Å². The summed E-state index contributed by atoms with van der Waals surface area (Å²) in [5, 5.41) is 3.78. The van der Waals surface area contributed by atoms with Crippen molar-refractivity contribution in [1.82, 2.24) is 5.32 Å². The summed E-state index contributed by atoms with van der Waals surface area (Å²) in [6.45, 7) is 0.647. The van der Waals surface area contributed by atoms with Crippen LogP contribution >= 0.6 is 11.6 Å². The van der Waals surface area contributed by atoms with Gasteiger partial charge in [-0.2, -0.15) is 0 Å². The van der Waals surface area contributed by atoms with Crippen molar-refractivity contribution in [2.45, 2.75) is 30.7 Å². The van der Waals surface area contributed by atoms with Gasteiger partial charge in [-0.3, -0.25) is 4.79 Å². The molecule has 3 rings (SSSR count). The van der Waals surface area contributed by atoms with Gasteiger partial charge in [-0.05, 0) is 36.1 Å². The molecular weight excluding hydrogens is 308 g/mol. The van der Waals surface area contributed by atoms with Crippen molar-refractivity contribution in [3.63, 3.8) is 0 Å². The summed E-state index contributed by atoms with van der Waals surface area (Å²) in [5.41, 5.74) is 8.35. The van der Waals surface area contributed by atoms with Crippen LogP contribution in [0.3, 0.4) is 0 Å². The molecule has 1 saturated carbocycles. The highest BCUT2D eigenvalue weighted by molar-refractivity contribution is 6.30. The SMILES string of the molecule is NC(CC(=O)NCC1(c2cccc(Cl)c2)CC1)c1ccccc1. The minimum atomic E-state index is -0.266. The van der Waals surface area contributed by atoms with Gasteiger partial charge in [0.2, 0.25) is 5.91 Å². The van der Waals surface area contributed by atoms with Gasteiger partial charge in [-0.15, -0.1) is 0 Å². The Morgan fingerprint density at radius 1 is 1.17 bits per heavy atom. The van der Waals surface area contributed by atoms with E-state index < -0.39 is 0 Å². The smallest absolute Gasteiger partial charge is 0.221 e. The number of hydrogen-bond acceptors (Lipinski definition) is 2. The van der Waals surface area contributed by atoms with E-state index in [0.29, 0.717) is 13.0 Å². The summed E-state index contributed by atoms with van der Waals surface area (Å²) in [5.74, 6) is -0.00495. The van der Waals surface area contributed by atoms with E-state index in [-0.39, 0.29) is 17.4 Å². The summed E-state index contributed by atoms with van der Waals surface area (Å²) >= 11 is 6.07. The third-order valence-corrected chi connectivity index (χ3v) is 4.78. The third-order valence-electron chi connectivity index (χ3n) is 4.55. The Bertz CT molecular complexity index is 683. The lowest BCUT2D eigenvalue weighted by molar-refractivity contribution is -0.121. The number of carbonyl (C=O) groups is 1. The first-order chi connectivity index (χ1) is 11.1. The molecule has 0 radical (unpaired) electrons. The van der Waals surface area contributed by atoms with Crippen LogP contribution in [-0.4, -0.2) is 12.5 Å². The molecule has 2 aromatic rings. The van der Waals surface area contributed by atoms with Crippen molar-refractivity contribution in [2.75, 3.05) is 6.54 Å². The van der Waals surface area contributed by atoms with Gasteiger partial charge in [0.25, 0.3) is 0 Å². The molecule has 1 aliphatic carbocycles. The maximum absolute atomic E-state index is 12.2. The molecule has 1 unspecified atom stereocenters. The van der Waals surface area contributed by atoms with Gasteiger partial charge in [0.05, 0.1) is 0 Å². The number of benzene rings is 2. The first-order valence-electron chi connectivity index (χ1n) is 7.92. The number of nitrogens with one attached hydrogen (secondary N) is 1. The molecule has 120 valence electrons. The molecule has 4 heteroatoms. The average molecular weight is 329 g/mol. The Labute approximate surface area is 141 Å². The fourth-order valence-corrected chi connectivity index (χ4v) is 3.08. The van der Waals surface area contributed by atoms with Gasteiger partial charge < -0.3 is 11.1 Å². The first-order valence-corrected chi connectivity index (χ1v) is 8.30. The first kappa shape index (κ1) is 16.0. The van der Waals surface area contributed by atoms with Crippen molar-refractivity contribution in [2.24, 2.45) is 5.73 Å². The number of nitrogens with two attached hydrogens (primary N) is 1. The molecule has 0 bridgehead atoms. The Morgan fingerprint density at radius 3 is 2.57 bits per heavy atom. The minimum Gasteiger partial charge on any atom is -0.355 e. The van der Waals surface area contributed by atoms with E-state index in [1.165, 1.54) is 5.56 Å². The Morgan fingerprint density at radius 2 is 1.91 bits per heavy atom. The molecule has 1 atom stereocenters. The maximum Gasteiger partial charge on any atom is 0.221 e. The van der Waals surface area contributed by atoms with E-state index >= 15 is 0 Å². The fourth-order valence-electron chi connectivity index (χ4n) is 2.89. The minimum absolute atomic E-state index is 0.00495. The molecule has 2 aromatic carbocycles. The van der Waals surface area contributed by atoms with Crippen LogP contribution in [0.5, 0.6) is 0 Å². The van der Waals surface area contributed by atoms with Crippen molar-refractivity contribution >= 4 is 17.5 Å². The van der Waals surface area contributed by atoms with Crippen LogP contribution in [0.2, 0.25) is 5.02 Å². The van der Waals surface area contributed by atoms with Crippen LogP contribution in [0.1, 0.15) is 36.4 Å². The van der Waals surface area contributed by atoms with E-state index in [9.17, 15) is 4.79 Å². The highest BCUT2D eigenvalue weighted by atomic mass is 35.5. The summed E-state index contributed by atoms with van der Waals surface area (Å²) in [6, 6.07) is 17.4. The molecule has 3 N–H and O–H groups in total. The van der Waals surface area contributed by atoms with Crippen molar-refractivity contribution in [1.29, 1.82) is 0 Å². The van der Waals surface area contributed by atoms with E-state index in [2.05, 4.69) is 11.4 Å². The van der Waals surface area contributed by atoms with Crippen molar-refractivity contribution in [3.8, 4) is 0 Å². The number of rotatable bonds is 6. The molecule has 0 spiro atoms. The predicted octanol–water partition coefficient (Wildman–Crippen LogP) is 3.58. The highest BCUT2D eigenvalue weighted by Crippen LogP contribution is 2.48. The topological polar surface area (TPSA) is 55.1 Å². The van der Waals surface area contributed by atoms with E-state index in [1.807, 2.05) is 48.5 Å². The number of carbonyl (C=O) groups excluding carboxylic acids is 1. The Balaban J connectivity index is 1.55. The van der Waals surface area contributed by atoms with Gasteiger partial charge in [0.15, 0.2) is 0 Å². The molecule has 0 aliphatic heterocycles. The third kappa shape index (κ3) is 3.92. The largest absolute Gasteiger partial charge is 0.355 e. The van der Waals surface area contributed by atoms with E-state index in [0.717, 1.165) is 23.4 Å². The molecule has 3 nitrogen and oxygen atoms in total. The summed E-state index contributed by atoms with van der Waals surface area (Å²) in [6.07, 6.45) is 2.46. The Hall–Kier alpha value is -1.84. The van der Waals surface area contributed by atoms with Gasteiger partial charge in [-0.1, -0.05) is 54.1 Å². The van der Waals surface area contributed by atoms with Gasteiger partial charge in [-0.25, -0.2) is 0 Å². The number of halogens is 1. The summed E-state index contributed by atoms with van der Waals surface area (Å²) in [7, 11) is 0. The predicted molar refractivity (Wildman–Crippen MR) is 93.4 cm³/mol. The van der Waals surface area contributed by atoms with Crippen LogP contribution in [0.25, 0.3) is 0 Å². The molecule has 1 fully saturated rings. The molecule has 0 aromatic heterocycles. The zero-order valence-corrected chi connectivity index (χ0v) is 13.7. The van der Waals surface area contributed by atoms with Crippen molar-refractivity contribution < 1.29 is 4.79 Å². The second kappa shape index (κ2) is 6.73.